The largest absolute Gasteiger partial charge is 0.327 e. The first-order valence-electron chi connectivity index (χ1n) is 6.59. The molecule has 0 amide bonds. The maximum absolute atomic E-state index is 5.98. The Morgan fingerprint density at radius 1 is 1.17 bits per heavy atom. The molecule has 0 aliphatic carbocycles. The second-order valence-electron chi connectivity index (χ2n) is 5.86. The van der Waals surface area contributed by atoms with E-state index < -0.39 is 5.97 Å². The van der Waals surface area contributed by atoms with Crippen molar-refractivity contribution in [1.29, 1.82) is 0 Å². The van der Waals surface area contributed by atoms with Gasteiger partial charge in [0.15, 0.2) is 0 Å². The molecule has 18 heavy (non-hydrogen) atoms. The average molecular weight is 248 g/mol. The van der Waals surface area contributed by atoms with Gasteiger partial charge in [0.05, 0.1) is 19.3 Å². The van der Waals surface area contributed by atoms with Crippen molar-refractivity contribution in [2.24, 2.45) is 5.41 Å². The van der Waals surface area contributed by atoms with Crippen LogP contribution in [0.2, 0.25) is 0 Å². The van der Waals surface area contributed by atoms with Gasteiger partial charge in [-0.05, 0) is 12.0 Å². The number of fused-ring (bicyclic) bond motifs is 2. The van der Waals surface area contributed by atoms with Crippen LogP contribution in [0.15, 0.2) is 30.3 Å². The molecule has 2 aliphatic heterocycles. The van der Waals surface area contributed by atoms with Crippen LogP contribution in [0.3, 0.4) is 0 Å². The van der Waals surface area contributed by atoms with Gasteiger partial charge in [-0.3, -0.25) is 0 Å². The lowest BCUT2D eigenvalue weighted by Gasteiger charge is -2.39. The maximum atomic E-state index is 5.98. The lowest BCUT2D eigenvalue weighted by Crippen LogP contribution is -2.47. The third-order valence-corrected chi connectivity index (χ3v) is 3.87. The molecular formula is C15H20O3. The SMILES string of the molecule is CC1(C)COC2(CCc3ccccc3)OCC1O2. The van der Waals surface area contributed by atoms with Crippen molar-refractivity contribution in [3.8, 4) is 0 Å². The van der Waals surface area contributed by atoms with Crippen LogP contribution < -0.4 is 0 Å². The number of rotatable bonds is 3. The first kappa shape index (κ1) is 12.2. The van der Waals surface area contributed by atoms with Crippen molar-refractivity contribution in [1.82, 2.24) is 0 Å². The highest BCUT2D eigenvalue weighted by Crippen LogP contribution is 2.43. The topological polar surface area (TPSA) is 27.7 Å². The number of hydrogen-bond donors (Lipinski definition) is 0. The number of aryl methyl sites for hydroxylation is 1. The van der Waals surface area contributed by atoms with Gasteiger partial charge in [-0.15, -0.1) is 0 Å². The summed E-state index contributed by atoms with van der Waals surface area (Å²) in [6, 6.07) is 10.4. The molecule has 98 valence electrons. The molecule has 3 nitrogen and oxygen atoms in total. The molecule has 2 aliphatic rings. The zero-order valence-electron chi connectivity index (χ0n) is 11.0. The van der Waals surface area contributed by atoms with E-state index in [2.05, 4.69) is 38.1 Å². The molecule has 2 fully saturated rings. The summed E-state index contributed by atoms with van der Waals surface area (Å²) in [6.45, 7) is 5.66. The Morgan fingerprint density at radius 2 is 1.94 bits per heavy atom. The van der Waals surface area contributed by atoms with Crippen LogP contribution in [0.4, 0.5) is 0 Å². The van der Waals surface area contributed by atoms with Gasteiger partial charge in [0.1, 0.15) is 0 Å². The van der Waals surface area contributed by atoms with E-state index in [1.54, 1.807) is 0 Å². The summed E-state index contributed by atoms with van der Waals surface area (Å²) in [5.41, 5.74) is 1.34. The van der Waals surface area contributed by atoms with Crippen LogP contribution in [-0.2, 0) is 20.6 Å². The zero-order valence-corrected chi connectivity index (χ0v) is 11.0. The Balaban J connectivity index is 1.64. The van der Waals surface area contributed by atoms with E-state index in [1.807, 2.05) is 6.07 Å². The molecule has 1 aromatic rings. The monoisotopic (exact) mass is 248 g/mol. The summed E-state index contributed by atoms with van der Waals surface area (Å²) >= 11 is 0. The average Bonchev–Trinajstić information content (AvgIpc) is 2.77. The first-order valence-corrected chi connectivity index (χ1v) is 6.59. The molecule has 0 radical (unpaired) electrons. The minimum Gasteiger partial charge on any atom is -0.327 e. The lowest BCUT2D eigenvalue weighted by atomic mass is 9.87. The normalized spacial score (nSPS) is 33.6. The van der Waals surface area contributed by atoms with E-state index in [1.165, 1.54) is 5.56 Å². The highest BCUT2D eigenvalue weighted by Gasteiger charge is 2.53. The molecule has 2 atom stereocenters. The van der Waals surface area contributed by atoms with Gasteiger partial charge in [0.2, 0.25) is 0 Å². The Bertz CT molecular complexity index is 415. The molecule has 2 saturated heterocycles. The van der Waals surface area contributed by atoms with Crippen LogP contribution in [0, 0.1) is 5.41 Å². The van der Waals surface area contributed by atoms with E-state index in [9.17, 15) is 0 Å². The van der Waals surface area contributed by atoms with E-state index in [-0.39, 0.29) is 11.5 Å². The van der Waals surface area contributed by atoms with Gasteiger partial charge in [0.25, 0.3) is 5.97 Å². The van der Waals surface area contributed by atoms with E-state index in [0.717, 1.165) is 12.8 Å². The predicted octanol–water partition coefficient (Wildman–Crippen LogP) is 2.74. The van der Waals surface area contributed by atoms with E-state index >= 15 is 0 Å². The highest BCUT2D eigenvalue weighted by atomic mass is 16.9. The van der Waals surface area contributed by atoms with Gasteiger partial charge in [-0.25, -0.2) is 0 Å². The molecule has 1 aromatic carbocycles. The van der Waals surface area contributed by atoms with Crippen molar-refractivity contribution >= 4 is 0 Å². The molecule has 2 unspecified atom stereocenters. The lowest BCUT2D eigenvalue weighted by molar-refractivity contribution is -0.375. The summed E-state index contributed by atoms with van der Waals surface area (Å²) in [5.74, 6) is -0.796. The predicted molar refractivity (Wildman–Crippen MR) is 68.1 cm³/mol. The second-order valence-corrected chi connectivity index (χ2v) is 5.86. The van der Waals surface area contributed by atoms with Gasteiger partial charge in [0, 0.05) is 11.8 Å². The van der Waals surface area contributed by atoms with Crippen LogP contribution in [0.25, 0.3) is 0 Å². The molecule has 0 N–H and O–H groups in total. The number of ether oxygens (including phenoxy) is 3. The zero-order chi connectivity index (χ0) is 12.6. The maximum Gasteiger partial charge on any atom is 0.283 e. The molecule has 2 heterocycles. The molecule has 0 spiro atoms. The van der Waals surface area contributed by atoms with E-state index in [4.69, 9.17) is 14.2 Å². The van der Waals surface area contributed by atoms with Crippen LogP contribution in [0.5, 0.6) is 0 Å². The first-order chi connectivity index (χ1) is 8.60. The van der Waals surface area contributed by atoms with Gasteiger partial charge >= 0.3 is 0 Å². The van der Waals surface area contributed by atoms with Crippen LogP contribution >= 0.6 is 0 Å². The summed E-state index contributed by atoms with van der Waals surface area (Å²) < 4.78 is 17.6. The molecule has 3 rings (SSSR count). The fraction of sp³-hybridized carbons (Fsp3) is 0.600. The minimum atomic E-state index is -0.796. The fourth-order valence-electron chi connectivity index (χ4n) is 2.48. The Kier molecular flexibility index (Phi) is 2.93. The highest BCUT2D eigenvalue weighted by molar-refractivity contribution is 5.14. The van der Waals surface area contributed by atoms with Crippen LogP contribution in [-0.4, -0.2) is 25.3 Å². The third-order valence-electron chi connectivity index (χ3n) is 3.87. The van der Waals surface area contributed by atoms with Crippen molar-refractivity contribution in [2.75, 3.05) is 13.2 Å². The van der Waals surface area contributed by atoms with Gasteiger partial charge < -0.3 is 14.2 Å². The molecule has 3 heteroatoms. The van der Waals surface area contributed by atoms with E-state index in [0.29, 0.717) is 13.2 Å². The summed E-state index contributed by atoms with van der Waals surface area (Å²) in [7, 11) is 0. The smallest absolute Gasteiger partial charge is 0.283 e. The van der Waals surface area contributed by atoms with Gasteiger partial charge in [-0.1, -0.05) is 44.2 Å². The minimum absolute atomic E-state index is 0.0484. The Morgan fingerprint density at radius 3 is 2.72 bits per heavy atom. The Labute approximate surface area is 108 Å². The molecule has 0 saturated carbocycles. The standard InChI is InChI=1S/C15H20O3/c1-14(2)11-17-15(16-10-13(14)18-15)9-8-12-6-4-3-5-7-12/h3-7,13H,8-11H2,1-2H3. The van der Waals surface area contributed by atoms with Crippen LogP contribution in [0.1, 0.15) is 25.8 Å². The fourth-order valence-corrected chi connectivity index (χ4v) is 2.48. The number of benzene rings is 1. The van der Waals surface area contributed by atoms with Crippen molar-refractivity contribution in [3.63, 3.8) is 0 Å². The third kappa shape index (κ3) is 2.18. The molecule has 0 aromatic heterocycles. The second kappa shape index (κ2) is 4.34. The summed E-state index contributed by atoms with van der Waals surface area (Å²) in [6.07, 6.45) is 1.82. The quantitative estimate of drug-likeness (QED) is 0.823. The number of hydrogen-bond acceptors (Lipinski definition) is 3. The summed E-state index contributed by atoms with van der Waals surface area (Å²) in [5, 5.41) is 0. The summed E-state index contributed by atoms with van der Waals surface area (Å²) in [4.78, 5) is 0. The van der Waals surface area contributed by atoms with Gasteiger partial charge in [-0.2, -0.15) is 0 Å². The van der Waals surface area contributed by atoms with Crippen molar-refractivity contribution in [2.45, 2.75) is 38.8 Å². The Hall–Kier alpha value is -0.900. The van der Waals surface area contributed by atoms with Crippen molar-refractivity contribution < 1.29 is 14.2 Å². The van der Waals surface area contributed by atoms with Crippen molar-refractivity contribution in [3.05, 3.63) is 35.9 Å². The molecule has 2 bridgehead atoms. The molecular weight excluding hydrogens is 228 g/mol.